The molecule has 0 radical (unpaired) electrons. The minimum atomic E-state index is -1.10. The maximum atomic E-state index is 12.1. The Morgan fingerprint density at radius 3 is 2.52 bits per heavy atom. The fraction of sp³-hybridized carbons (Fsp3) is 0.526. The number of carbonyl (C=O) groups excluding carboxylic acids is 1. The molecule has 0 N–H and O–H groups in total. The fourth-order valence-corrected chi connectivity index (χ4v) is 3.49. The summed E-state index contributed by atoms with van der Waals surface area (Å²) in [5.74, 6) is 0.697. The minimum Gasteiger partial charge on any atom is -0.463 e. The monoisotopic (exact) mass is 390 g/mol. The second-order valence-electron chi connectivity index (χ2n) is 6.97. The van der Waals surface area contributed by atoms with Crippen LogP contribution in [0.25, 0.3) is 0 Å². The molecule has 0 saturated carbocycles. The molecule has 1 aromatic heterocycles. The molecule has 27 heavy (non-hydrogen) atoms. The molecule has 7 nitrogen and oxygen atoms in total. The largest absolute Gasteiger partial charge is 0.463 e. The molecule has 1 aromatic carbocycles. The first kappa shape index (κ1) is 19.6. The predicted octanol–water partition coefficient (Wildman–Crippen LogP) is 2.58. The van der Waals surface area contributed by atoms with Crippen LogP contribution in [0.5, 0.6) is 5.88 Å². The van der Waals surface area contributed by atoms with Gasteiger partial charge in [0.2, 0.25) is 11.4 Å². The van der Waals surface area contributed by atoms with Crippen molar-refractivity contribution in [2.24, 2.45) is 0 Å². The van der Waals surface area contributed by atoms with Crippen LogP contribution >= 0.6 is 11.7 Å². The zero-order valence-corrected chi connectivity index (χ0v) is 16.9. The van der Waals surface area contributed by atoms with Crippen molar-refractivity contribution < 1.29 is 14.3 Å². The van der Waals surface area contributed by atoms with Gasteiger partial charge in [-0.2, -0.15) is 4.37 Å². The summed E-state index contributed by atoms with van der Waals surface area (Å²) in [4.78, 5) is 16.7. The lowest BCUT2D eigenvalue weighted by molar-refractivity contribution is -0.158. The van der Waals surface area contributed by atoms with Crippen LogP contribution in [0.15, 0.2) is 30.3 Å². The Balaban J connectivity index is 1.59. The number of anilines is 1. The van der Waals surface area contributed by atoms with Gasteiger partial charge in [-0.1, -0.05) is 30.3 Å². The molecule has 2 heterocycles. The van der Waals surface area contributed by atoms with Crippen molar-refractivity contribution in [2.45, 2.75) is 32.9 Å². The molecule has 0 bridgehead atoms. The number of benzene rings is 1. The van der Waals surface area contributed by atoms with E-state index in [1.54, 1.807) is 20.8 Å². The molecule has 8 heteroatoms. The number of carbonyl (C=O) groups is 1. The van der Waals surface area contributed by atoms with Crippen LogP contribution in [0, 0.1) is 0 Å². The van der Waals surface area contributed by atoms with Crippen LogP contribution in [0.2, 0.25) is 0 Å². The number of hydrogen-bond donors (Lipinski definition) is 0. The Hall–Kier alpha value is -2.19. The van der Waals surface area contributed by atoms with E-state index in [9.17, 15) is 4.79 Å². The summed E-state index contributed by atoms with van der Waals surface area (Å²) in [6.45, 7) is 9.97. The van der Waals surface area contributed by atoms with Gasteiger partial charge >= 0.3 is 5.97 Å². The molecule has 2 aromatic rings. The molecule has 1 fully saturated rings. The SMILES string of the molecule is CCOC(=O)C(C)(C)Oc1nsnc1N1CCN(Cc2ccccc2)CC1. The summed E-state index contributed by atoms with van der Waals surface area (Å²) in [6, 6.07) is 10.5. The number of rotatable bonds is 7. The van der Waals surface area contributed by atoms with E-state index in [-0.39, 0.29) is 0 Å². The molecular weight excluding hydrogens is 364 g/mol. The van der Waals surface area contributed by atoms with E-state index in [0.717, 1.165) is 44.5 Å². The molecule has 3 rings (SSSR count). The quantitative estimate of drug-likeness (QED) is 0.673. The third-order valence-corrected chi connectivity index (χ3v) is 4.98. The van der Waals surface area contributed by atoms with Crippen LogP contribution in [-0.4, -0.2) is 58.0 Å². The number of piperazine rings is 1. The first-order valence-electron chi connectivity index (χ1n) is 9.19. The molecule has 146 valence electrons. The molecule has 0 aliphatic carbocycles. The third kappa shape index (κ3) is 4.95. The number of nitrogens with zero attached hydrogens (tertiary/aromatic N) is 4. The smallest absolute Gasteiger partial charge is 0.349 e. The van der Waals surface area contributed by atoms with Gasteiger partial charge in [-0.05, 0) is 26.3 Å². The Morgan fingerprint density at radius 2 is 1.85 bits per heavy atom. The Kier molecular flexibility index (Phi) is 6.28. The standard InChI is InChI=1S/C19H26N4O3S/c1-4-25-18(24)19(2,3)26-17-16(20-27-21-17)23-12-10-22(11-13-23)14-15-8-6-5-7-9-15/h5-9H,4,10-14H2,1-3H3. The van der Waals surface area contributed by atoms with Crippen LogP contribution in [0.1, 0.15) is 26.3 Å². The van der Waals surface area contributed by atoms with E-state index in [1.807, 2.05) is 6.07 Å². The molecule has 1 aliphatic rings. The summed E-state index contributed by atoms with van der Waals surface area (Å²) in [5.41, 5.74) is 0.219. The molecule has 0 atom stereocenters. The number of aromatic nitrogens is 2. The van der Waals surface area contributed by atoms with Gasteiger partial charge in [0.25, 0.3) is 5.88 Å². The normalized spacial score (nSPS) is 15.6. The van der Waals surface area contributed by atoms with Gasteiger partial charge in [0.05, 0.1) is 18.3 Å². The van der Waals surface area contributed by atoms with Gasteiger partial charge in [-0.15, -0.1) is 4.37 Å². The number of esters is 1. The lowest BCUT2D eigenvalue weighted by Crippen LogP contribution is -2.46. The van der Waals surface area contributed by atoms with Crippen molar-refractivity contribution in [1.29, 1.82) is 0 Å². The molecule has 0 unspecified atom stereocenters. The van der Waals surface area contributed by atoms with Gasteiger partial charge < -0.3 is 14.4 Å². The Morgan fingerprint density at radius 1 is 1.15 bits per heavy atom. The highest BCUT2D eigenvalue weighted by Gasteiger charge is 2.34. The second kappa shape index (κ2) is 8.67. The van der Waals surface area contributed by atoms with Crippen LogP contribution < -0.4 is 9.64 Å². The van der Waals surface area contributed by atoms with E-state index in [4.69, 9.17) is 9.47 Å². The minimum absolute atomic E-state index is 0.317. The van der Waals surface area contributed by atoms with Crippen LogP contribution in [0.3, 0.4) is 0 Å². The Bertz CT molecular complexity index is 742. The van der Waals surface area contributed by atoms with Crippen molar-refractivity contribution in [3.63, 3.8) is 0 Å². The van der Waals surface area contributed by atoms with Gasteiger partial charge in [-0.25, -0.2) is 4.79 Å². The van der Waals surface area contributed by atoms with Crippen LogP contribution in [-0.2, 0) is 16.1 Å². The zero-order valence-electron chi connectivity index (χ0n) is 16.1. The van der Waals surface area contributed by atoms with Crippen molar-refractivity contribution in [1.82, 2.24) is 13.6 Å². The van der Waals surface area contributed by atoms with E-state index in [0.29, 0.717) is 18.3 Å². The number of hydrogen-bond acceptors (Lipinski definition) is 8. The molecule has 1 aliphatic heterocycles. The first-order chi connectivity index (χ1) is 13.0. The summed E-state index contributed by atoms with van der Waals surface area (Å²) < 4.78 is 19.6. The highest BCUT2D eigenvalue weighted by molar-refractivity contribution is 6.99. The van der Waals surface area contributed by atoms with Gasteiger partial charge in [0, 0.05) is 32.7 Å². The summed E-state index contributed by atoms with van der Waals surface area (Å²) >= 11 is 1.10. The van der Waals surface area contributed by atoms with E-state index in [2.05, 4.69) is 42.8 Å². The number of ether oxygens (including phenoxy) is 2. The van der Waals surface area contributed by atoms with Gasteiger partial charge in [0.15, 0.2) is 0 Å². The van der Waals surface area contributed by atoms with E-state index >= 15 is 0 Å². The van der Waals surface area contributed by atoms with Gasteiger partial charge in [0.1, 0.15) is 0 Å². The predicted molar refractivity (Wildman–Crippen MR) is 105 cm³/mol. The topological polar surface area (TPSA) is 67.8 Å². The van der Waals surface area contributed by atoms with Crippen molar-refractivity contribution in [3.8, 4) is 5.88 Å². The lowest BCUT2D eigenvalue weighted by atomic mass is 10.1. The molecule has 1 saturated heterocycles. The van der Waals surface area contributed by atoms with Gasteiger partial charge in [-0.3, -0.25) is 4.90 Å². The molecule has 0 spiro atoms. The highest BCUT2D eigenvalue weighted by atomic mass is 32.1. The first-order valence-corrected chi connectivity index (χ1v) is 9.92. The van der Waals surface area contributed by atoms with Crippen LogP contribution in [0.4, 0.5) is 5.82 Å². The van der Waals surface area contributed by atoms with E-state index in [1.165, 1.54) is 5.56 Å². The summed E-state index contributed by atoms with van der Waals surface area (Å²) in [6.07, 6.45) is 0. The molecule has 0 amide bonds. The Labute approximate surface area is 164 Å². The van der Waals surface area contributed by atoms with Crippen molar-refractivity contribution in [3.05, 3.63) is 35.9 Å². The summed E-state index contributed by atoms with van der Waals surface area (Å²) in [7, 11) is 0. The maximum absolute atomic E-state index is 12.1. The zero-order chi connectivity index (χ0) is 19.3. The third-order valence-electron chi connectivity index (χ3n) is 4.48. The second-order valence-corrected chi connectivity index (χ2v) is 7.50. The lowest BCUT2D eigenvalue weighted by Gasteiger charge is -2.35. The summed E-state index contributed by atoms with van der Waals surface area (Å²) in [5, 5.41) is 0. The fourth-order valence-electron chi connectivity index (χ4n) is 2.98. The average molecular weight is 391 g/mol. The van der Waals surface area contributed by atoms with Crippen molar-refractivity contribution >= 4 is 23.5 Å². The maximum Gasteiger partial charge on any atom is 0.349 e. The van der Waals surface area contributed by atoms with Crippen molar-refractivity contribution in [2.75, 3.05) is 37.7 Å². The molecular formula is C19H26N4O3S. The average Bonchev–Trinajstić information content (AvgIpc) is 3.11. The highest BCUT2D eigenvalue weighted by Crippen LogP contribution is 2.30. The van der Waals surface area contributed by atoms with E-state index < -0.39 is 11.6 Å².